The first kappa shape index (κ1) is 14.2. The molecule has 0 radical (unpaired) electrons. The van der Waals surface area contributed by atoms with E-state index in [0.717, 1.165) is 30.9 Å². The van der Waals surface area contributed by atoms with E-state index in [2.05, 4.69) is 35.4 Å². The number of nitrogens with zero attached hydrogens (tertiary/aromatic N) is 3. The number of nitrogens with one attached hydrogen (secondary N) is 1. The Kier molecular flexibility index (Phi) is 5.10. The van der Waals surface area contributed by atoms with Gasteiger partial charge in [0.05, 0.1) is 17.2 Å². The van der Waals surface area contributed by atoms with Gasteiger partial charge in [0.1, 0.15) is 0 Å². The zero-order chi connectivity index (χ0) is 13.7. The molecule has 1 atom stereocenters. The quantitative estimate of drug-likeness (QED) is 0.846. The maximum absolute atomic E-state index is 4.43. The van der Waals surface area contributed by atoms with E-state index in [9.17, 15) is 0 Å². The van der Waals surface area contributed by atoms with E-state index in [0.29, 0.717) is 0 Å². The molecular weight excluding hydrogens is 256 g/mol. The lowest BCUT2D eigenvalue weighted by molar-refractivity contribution is 0.591. The summed E-state index contributed by atoms with van der Waals surface area (Å²) in [5.74, 6) is 0. The number of aryl methyl sites for hydroxylation is 2. The Morgan fingerprint density at radius 1 is 1.32 bits per heavy atom. The Labute approximate surface area is 118 Å². The summed E-state index contributed by atoms with van der Waals surface area (Å²) in [7, 11) is 0. The molecule has 0 bridgehead atoms. The fourth-order valence-electron chi connectivity index (χ4n) is 2.06. The molecule has 1 unspecified atom stereocenters. The maximum Gasteiger partial charge on any atom is 0.0897 e. The predicted octanol–water partition coefficient (Wildman–Crippen LogP) is 3.15. The van der Waals surface area contributed by atoms with Crippen LogP contribution >= 0.6 is 11.3 Å². The summed E-state index contributed by atoms with van der Waals surface area (Å²) in [6.45, 7) is 8.37. The molecule has 0 saturated heterocycles. The summed E-state index contributed by atoms with van der Waals surface area (Å²) in [4.78, 5) is 5.63. The highest BCUT2D eigenvalue weighted by atomic mass is 32.1. The first-order valence-electron chi connectivity index (χ1n) is 6.92. The average molecular weight is 278 g/mol. The second-order valence-corrected chi connectivity index (χ2v) is 5.97. The van der Waals surface area contributed by atoms with Crippen molar-refractivity contribution in [1.29, 1.82) is 0 Å². The van der Waals surface area contributed by atoms with Crippen LogP contribution in [0.3, 0.4) is 0 Å². The van der Waals surface area contributed by atoms with Gasteiger partial charge in [-0.2, -0.15) is 5.10 Å². The van der Waals surface area contributed by atoms with Gasteiger partial charge in [-0.15, -0.1) is 11.3 Å². The van der Waals surface area contributed by atoms with Crippen LogP contribution in [0.15, 0.2) is 18.6 Å². The molecular formula is C14H22N4S. The topological polar surface area (TPSA) is 42.7 Å². The Hall–Kier alpha value is -1.20. The Balaban J connectivity index is 2.20. The molecule has 0 amide bonds. The molecule has 1 N–H and O–H groups in total. The van der Waals surface area contributed by atoms with Crippen LogP contribution in [-0.4, -0.2) is 21.3 Å². The molecule has 0 saturated carbocycles. The highest BCUT2D eigenvalue weighted by Crippen LogP contribution is 2.26. The summed E-state index contributed by atoms with van der Waals surface area (Å²) in [5.41, 5.74) is 1.23. The molecule has 0 aliphatic rings. The molecule has 5 heteroatoms. The molecule has 4 nitrogen and oxygen atoms in total. The highest BCUT2D eigenvalue weighted by Gasteiger charge is 2.17. The van der Waals surface area contributed by atoms with Crippen LogP contribution in [-0.2, 0) is 6.54 Å². The van der Waals surface area contributed by atoms with Crippen LogP contribution in [0.25, 0.3) is 0 Å². The molecule has 0 fully saturated rings. The first-order chi connectivity index (χ1) is 9.24. The van der Waals surface area contributed by atoms with E-state index in [1.54, 1.807) is 11.3 Å². The molecule has 0 aliphatic heterocycles. The molecule has 19 heavy (non-hydrogen) atoms. The van der Waals surface area contributed by atoms with Crippen molar-refractivity contribution in [2.75, 3.05) is 6.54 Å². The lowest BCUT2D eigenvalue weighted by Crippen LogP contribution is -2.22. The van der Waals surface area contributed by atoms with Gasteiger partial charge in [-0.3, -0.25) is 4.68 Å². The summed E-state index contributed by atoms with van der Waals surface area (Å²) in [5, 5.41) is 9.13. The van der Waals surface area contributed by atoms with Crippen molar-refractivity contribution in [3.63, 3.8) is 0 Å². The van der Waals surface area contributed by atoms with E-state index < -0.39 is 0 Å². The van der Waals surface area contributed by atoms with Gasteiger partial charge in [0.2, 0.25) is 0 Å². The largest absolute Gasteiger partial charge is 0.305 e. The van der Waals surface area contributed by atoms with Crippen molar-refractivity contribution < 1.29 is 0 Å². The van der Waals surface area contributed by atoms with Crippen LogP contribution in [0, 0.1) is 6.92 Å². The Morgan fingerprint density at radius 3 is 2.79 bits per heavy atom. The van der Waals surface area contributed by atoms with Crippen molar-refractivity contribution >= 4 is 11.3 Å². The van der Waals surface area contributed by atoms with Gasteiger partial charge in [-0.05, 0) is 26.3 Å². The number of hydrogen-bond acceptors (Lipinski definition) is 4. The van der Waals surface area contributed by atoms with E-state index >= 15 is 0 Å². The predicted molar refractivity (Wildman–Crippen MR) is 79.5 cm³/mol. The molecule has 0 aromatic carbocycles. The van der Waals surface area contributed by atoms with Crippen LogP contribution in [0.4, 0.5) is 0 Å². The minimum atomic E-state index is 0.219. The van der Waals surface area contributed by atoms with Gasteiger partial charge in [0, 0.05) is 29.4 Å². The molecule has 0 aliphatic carbocycles. The third kappa shape index (κ3) is 3.64. The van der Waals surface area contributed by atoms with Crippen LogP contribution < -0.4 is 5.32 Å². The van der Waals surface area contributed by atoms with Crippen molar-refractivity contribution in [2.45, 2.75) is 46.2 Å². The normalized spacial score (nSPS) is 12.8. The van der Waals surface area contributed by atoms with Crippen molar-refractivity contribution in [3.8, 4) is 0 Å². The summed E-state index contributed by atoms with van der Waals surface area (Å²) in [6, 6.07) is 0.219. The van der Waals surface area contributed by atoms with E-state index in [4.69, 9.17) is 0 Å². The number of hydrogen-bond donors (Lipinski definition) is 1. The minimum absolute atomic E-state index is 0.219. The zero-order valence-electron chi connectivity index (χ0n) is 11.9. The third-order valence-electron chi connectivity index (χ3n) is 2.96. The van der Waals surface area contributed by atoms with Gasteiger partial charge in [-0.25, -0.2) is 4.98 Å². The van der Waals surface area contributed by atoms with Gasteiger partial charge in [0.15, 0.2) is 0 Å². The van der Waals surface area contributed by atoms with Gasteiger partial charge >= 0.3 is 0 Å². The number of thiazole rings is 1. The fourth-order valence-corrected chi connectivity index (χ4v) is 2.95. The summed E-state index contributed by atoms with van der Waals surface area (Å²) >= 11 is 1.75. The lowest BCUT2D eigenvalue weighted by atomic mass is 10.1. The lowest BCUT2D eigenvalue weighted by Gasteiger charge is -2.14. The SMILES string of the molecule is CCCNC(c1cnn(CCC)c1)c1cnc(C)s1. The molecule has 104 valence electrons. The molecule has 2 rings (SSSR count). The molecule has 2 heterocycles. The Morgan fingerprint density at radius 2 is 2.16 bits per heavy atom. The van der Waals surface area contributed by atoms with Gasteiger partial charge < -0.3 is 5.32 Å². The molecule has 2 aromatic heterocycles. The standard InChI is InChI=1S/C14H22N4S/c1-4-6-15-14(13-9-16-11(3)19-13)12-8-17-18(10-12)7-5-2/h8-10,14-15H,4-7H2,1-3H3. The van der Waals surface area contributed by atoms with E-state index in [-0.39, 0.29) is 6.04 Å². The Bertz CT molecular complexity index is 503. The fraction of sp³-hybridized carbons (Fsp3) is 0.571. The monoisotopic (exact) mass is 278 g/mol. The first-order valence-corrected chi connectivity index (χ1v) is 7.74. The smallest absolute Gasteiger partial charge is 0.0897 e. The number of aromatic nitrogens is 3. The van der Waals surface area contributed by atoms with E-state index in [1.807, 2.05) is 24.0 Å². The maximum atomic E-state index is 4.43. The second-order valence-electron chi connectivity index (χ2n) is 4.71. The number of rotatable bonds is 7. The van der Waals surface area contributed by atoms with E-state index in [1.165, 1.54) is 10.4 Å². The van der Waals surface area contributed by atoms with Gasteiger partial charge in [0.25, 0.3) is 0 Å². The van der Waals surface area contributed by atoms with Crippen LogP contribution in [0.5, 0.6) is 0 Å². The third-order valence-corrected chi connectivity index (χ3v) is 3.94. The van der Waals surface area contributed by atoms with Crippen LogP contribution in [0.1, 0.15) is 48.2 Å². The average Bonchev–Trinajstić information content (AvgIpc) is 3.01. The second kappa shape index (κ2) is 6.82. The van der Waals surface area contributed by atoms with Gasteiger partial charge in [-0.1, -0.05) is 13.8 Å². The molecule has 0 spiro atoms. The van der Waals surface area contributed by atoms with Crippen molar-refractivity contribution in [3.05, 3.63) is 34.0 Å². The summed E-state index contributed by atoms with van der Waals surface area (Å²) < 4.78 is 2.02. The minimum Gasteiger partial charge on any atom is -0.305 e. The highest BCUT2D eigenvalue weighted by molar-refractivity contribution is 7.11. The van der Waals surface area contributed by atoms with Crippen molar-refractivity contribution in [2.24, 2.45) is 0 Å². The van der Waals surface area contributed by atoms with Crippen molar-refractivity contribution in [1.82, 2.24) is 20.1 Å². The zero-order valence-corrected chi connectivity index (χ0v) is 12.7. The summed E-state index contributed by atoms with van der Waals surface area (Å²) in [6.07, 6.45) is 8.32. The molecule has 2 aromatic rings. The van der Waals surface area contributed by atoms with Crippen LogP contribution in [0.2, 0.25) is 0 Å².